The molecule has 0 fully saturated rings. The fraction of sp³-hybridized carbons (Fsp3) is 0.538. The molecule has 19 heavy (non-hydrogen) atoms. The third-order valence-corrected chi connectivity index (χ3v) is 3.16. The summed E-state index contributed by atoms with van der Waals surface area (Å²) in [5.74, 6) is 5.66. The number of ether oxygens (including phenoxy) is 1. The minimum Gasteiger partial charge on any atom is -0.406 e. The summed E-state index contributed by atoms with van der Waals surface area (Å²) in [7, 11) is 0. The summed E-state index contributed by atoms with van der Waals surface area (Å²) in [6.45, 7) is 4.14. The minimum atomic E-state index is -4.65. The number of nitrogens with one attached hydrogen (secondary N) is 1. The van der Waals surface area contributed by atoms with Crippen LogP contribution < -0.4 is 16.0 Å². The molecule has 0 heterocycles. The lowest BCUT2D eigenvalue weighted by molar-refractivity contribution is -0.274. The molecule has 6 heteroatoms. The number of nitrogens with two attached hydrogens (primary N) is 1. The van der Waals surface area contributed by atoms with E-state index in [1.54, 1.807) is 12.1 Å². The lowest BCUT2D eigenvalue weighted by Gasteiger charge is -2.22. The molecule has 1 aromatic rings. The highest BCUT2D eigenvalue weighted by atomic mass is 19.4. The number of benzene rings is 1. The van der Waals surface area contributed by atoms with Crippen LogP contribution in [0.4, 0.5) is 13.2 Å². The summed E-state index contributed by atoms with van der Waals surface area (Å²) >= 11 is 0. The summed E-state index contributed by atoms with van der Waals surface area (Å²) < 4.78 is 39.8. The lowest BCUT2D eigenvalue weighted by atomic mass is 9.93. The van der Waals surface area contributed by atoms with Crippen LogP contribution in [0.5, 0.6) is 5.75 Å². The van der Waals surface area contributed by atoms with Crippen LogP contribution in [0.3, 0.4) is 0 Å². The number of hydrazine groups is 1. The second-order valence-electron chi connectivity index (χ2n) is 4.55. The van der Waals surface area contributed by atoms with Crippen LogP contribution in [0.25, 0.3) is 0 Å². The van der Waals surface area contributed by atoms with Gasteiger partial charge in [0.15, 0.2) is 0 Å². The first-order valence-corrected chi connectivity index (χ1v) is 6.16. The Morgan fingerprint density at radius 3 is 2.26 bits per heavy atom. The summed E-state index contributed by atoms with van der Waals surface area (Å²) in [4.78, 5) is 0. The molecule has 0 amide bonds. The van der Waals surface area contributed by atoms with Crippen molar-refractivity contribution < 1.29 is 17.9 Å². The molecule has 0 aromatic heterocycles. The van der Waals surface area contributed by atoms with E-state index in [0.29, 0.717) is 12.3 Å². The van der Waals surface area contributed by atoms with Gasteiger partial charge in [-0.15, -0.1) is 13.2 Å². The number of alkyl halides is 3. The van der Waals surface area contributed by atoms with Gasteiger partial charge in [0.25, 0.3) is 0 Å². The van der Waals surface area contributed by atoms with Gasteiger partial charge in [0, 0.05) is 6.04 Å². The molecule has 3 N–H and O–H groups in total. The monoisotopic (exact) mass is 276 g/mol. The average molecular weight is 276 g/mol. The zero-order valence-corrected chi connectivity index (χ0v) is 11.0. The van der Waals surface area contributed by atoms with Crippen LogP contribution in [-0.2, 0) is 6.42 Å². The first kappa shape index (κ1) is 15.8. The molecule has 1 aromatic carbocycles. The molecular formula is C13H19F3N2O. The van der Waals surface area contributed by atoms with Crippen molar-refractivity contribution in [2.24, 2.45) is 11.8 Å². The third kappa shape index (κ3) is 5.48. The van der Waals surface area contributed by atoms with Gasteiger partial charge in [0.05, 0.1) is 0 Å². The Morgan fingerprint density at radius 1 is 1.26 bits per heavy atom. The molecule has 0 aliphatic heterocycles. The molecule has 1 rings (SSSR count). The van der Waals surface area contributed by atoms with Gasteiger partial charge in [-0.05, 0) is 30.0 Å². The number of hydrogen-bond acceptors (Lipinski definition) is 3. The van der Waals surface area contributed by atoms with Crippen molar-refractivity contribution >= 4 is 0 Å². The molecule has 0 saturated carbocycles. The maximum atomic E-state index is 12.0. The van der Waals surface area contributed by atoms with E-state index in [-0.39, 0.29) is 11.8 Å². The molecule has 0 spiro atoms. The first-order chi connectivity index (χ1) is 8.85. The van der Waals surface area contributed by atoms with Gasteiger partial charge >= 0.3 is 6.36 Å². The molecule has 108 valence electrons. The Morgan fingerprint density at radius 2 is 1.84 bits per heavy atom. The van der Waals surface area contributed by atoms with E-state index in [0.717, 1.165) is 12.0 Å². The van der Waals surface area contributed by atoms with Crippen LogP contribution in [0.2, 0.25) is 0 Å². The standard InChI is InChI=1S/C13H19F3N2O/c1-3-9(2)12(18-17)8-10-4-6-11(7-5-10)19-13(14,15)16/h4-7,9,12,18H,3,8,17H2,1-2H3. The Bertz CT molecular complexity index is 378. The van der Waals surface area contributed by atoms with E-state index >= 15 is 0 Å². The molecule has 2 unspecified atom stereocenters. The van der Waals surface area contributed by atoms with Gasteiger partial charge in [-0.2, -0.15) is 0 Å². The molecular weight excluding hydrogens is 257 g/mol. The summed E-state index contributed by atoms with van der Waals surface area (Å²) in [6.07, 6.45) is -3.01. The smallest absolute Gasteiger partial charge is 0.406 e. The first-order valence-electron chi connectivity index (χ1n) is 6.16. The fourth-order valence-electron chi connectivity index (χ4n) is 1.79. The largest absolute Gasteiger partial charge is 0.573 e. The lowest BCUT2D eigenvalue weighted by Crippen LogP contribution is -2.41. The highest BCUT2D eigenvalue weighted by molar-refractivity contribution is 5.28. The van der Waals surface area contributed by atoms with Crippen molar-refractivity contribution in [1.82, 2.24) is 5.43 Å². The molecule has 3 nitrogen and oxygen atoms in total. The predicted molar refractivity (Wildman–Crippen MR) is 67.4 cm³/mol. The molecule has 0 aliphatic carbocycles. The maximum Gasteiger partial charge on any atom is 0.573 e. The maximum absolute atomic E-state index is 12.0. The van der Waals surface area contributed by atoms with Crippen molar-refractivity contribution in [3.63, 3.8) is 0 Å². The van der Waals surface area contributed by atoms with E-state index in [1.807, 2.05) is 0 Å². The summed E-state index contributed by atoms with van der Waals surface area (Å²) in [6, 6.07) is 5.96. The molecule has 0 saturated heterocycles. The van der Waals surface area contributed by atoms with Gasteiger partial charge < -0.3 is 4.74 Å². The van der Waals surface area contributed by atoms with Crippen LogP contribution >= 0.6 is 0 Å². The van der Waals surface area contributed by atoms with Crippen molar-refractivity contribution in [2.45, 2.75) is 39.1 Å². The topological polar surface area (TPSA) is 47.3 Å². The molecule has 0 aliphatic rings. The normalized spacial score (nSPS) is 15.1. The number of rotatable bonds is 6. The molecule has 0 bridgehead atoms. The Kier molecular flexibility index (Phi) is 5.62. The zero-order chi connectivity index (χ0) is 14.5. The van der Waals surface area contributed by atoms with Gasteiger partial charge in [0.1, 0.15) is 5.75 Å². The minimum absolute atomic E-state index is 0.0967. The van der Waals surface area contributed by atoms with Crippen LogP contribution in [0.15, 0.2) is 24.3 Å². The highest BCUT2D eigenvalue weighted by Gasteiger charge is 2.30. The highest BCUT2D eigenvalue weighted by Crippen LogP contribution is 2.23. The summed E-state index contributed by atoms with van der Waals surface area (Å²) in [5, 5.41) is 0. The van der Waals surface area contributed by atoms with Crippen molar-refractivity contribution in [2.75, 3.05) is 0 Å². The fourth-order valence-corrected chi connectivity index (χ4v) is 1.79. The van der Waals surface area contributed by atoms with E-state index in [9.17, 15) is 13.2 Å². The van der Waals surface area contributed by atoms with E-state index in [1.165, 1.54) is 12.1 Å². The Hall–Kier alpha value is -1.27. The second-order valence-corrected chi connectivity index (χ2v) is 4.55. The zero-order valence-electron chi connectivity index (χ0n) is 11.0. The van der Waals surface area contributed by atoms with Gasteiger partial charge in [0.2, 0.25) is 0 Å². The van der Waals surface area contributed by atoms with E-state index in [4.69, 9.17) is 5.84 Å². The summed E-state index contributed by atoms with van der Waals surface area (Å²) in [5.41, 5.74) is 3.66. The second kappa shape index (κ2) is 6.77. The van der Waals surface area contributed by atoms with Crippen LogP contribution in [-0.4, -0.2) is 12.4 Å². The SMILES string of the molecule is CCC(C)C(Cc1ccc(OC(F)(F)F)cc1)NN. The van der Waals surface area contributed by atoms with Gasteiger partial charge in [-0.3, -0.25) is 11.3 Å². The van der Waals surface area contributed by atoms with Crippen molar-refractivity contribution in [3.8, 4) is 5.75 Å². The van der Waals surface area contributed by atoms with Crippen LogP contribution in [0, 0.1) is 5.92 Å². The number of hydrogen-bond donors (Lipinski definition) is 2. The van der Waals surface area contributed by atoms with Crippen molar-refractivity contribution in [3.05, 3.63) is 29.8 Å². The van der Waals surface area contributed by atoms with Crippen molar-refractivity contribution in [1.29, 1.82) is 0 Å². The quantitative estimate of drug-likeness (QED) is 0.620. The van der Waals surface area contributed by atoms with Crippen LogP contribution in [0.1, 0.15) is 25.8 Å². The van der Waals surface area contributed by atoms with E-state index < -0.39 is 6.36 Å². The third-order valence-electron chi connectivity index (χ3n) is 3.16. The van der Waals surface area contributed by atoms with Gasteiger partial charge in [-0.1, -0.05) is 32.4 Å². The predicted octanol–water partition coefficient (Wildman–Crippen LogP) is 3.01. The van der Waals surface area contributed by atoms with Gasteiger partial charge in [-0.25, -0.2) is 0 Å². The average Bonchev–Trinajstić information content (AvgIpc) is 2.35. The Balaban J connectivity index is 2.66. The molecule has 2 atom stereocenters. The van der Waals surface area contributed by atoms with E-state index in [2.05, 4.69) is 24.0 Å². The number of halogens is 3. The Labute approximate surface area is 110 Å². The molecule has 0 radical (unpaired) electrons.